The quantitative estimate of drug-likeness (QED) is 0.259. The van der Waals surface area contributed by atoms with Crippen molar-refractivity contribution in [3.05, 3.63) is 0 Å². The van der Waals surface area contributed by atoms with Crippen LogP contribution in [0.2, 0.25) is 0 Å². The van der Waals surface area contributed by atoms with Gasteiger partial charge in [0.05, 0.1) is 0 Å². The zero-order chi connectivity index (χ0) is 4.12. The summed E-state index contributed by atoms with van der Waals surface area (Å²) in [4.78, 5) is 0. The summed E-state index contributed by atoms with van der Waals surface area (Å²) in [6, 6.07) is 0. The Labute approximate surface area is 62.7 Å². The number of rotatable bonds is 2. The number of alkyl halides is 1. The van der Waals surface area contributed by atoms with E-state index in [0.29, 0.717) is 0 Å². The van der Waals surface area contributed by atoms with E-state index in [9.17, 15) is 0 Å². The molecule has 0 aromatic carbocycles. The fraction of sp³-hybridized carbons (Fsp3) is 1.00. The maximum Gasteiger partial charge on any atom is 1.00 e. The summed E-state index contributed by atoms with van der Waals surface area (Å²) < 4.78 is 0. The van der Waals surface area contributed by atoms with Crippen molar-refractivity contribution in [3.8, 4) is 0 Å². The van der Waals surface area contributed by atoms with Gasteiger partial charge in [0, 0.05) is 5.88 Å². The zero-order valence-corrected chi connectivity index (χ0v) is 5.60. The molecule has 0 amide bonds. The standard InChI is InChI=1S/C3H7ClS.Li.H/c4-2-1-3-5;;/h5H,1-3H2;;/q;+1;-1. The molecule has 0 spiro atoms. The molecule has 34 valence electrons. The van der Waals surface area contributed by atoms with Crippen LogP contribution in [0.4, 0.5) is 0 Å². The summed E-state index contributed by atoms with van der Waals surface area (Å²) in [6.45, 7) is 0. The van der Waals surface area contributed by atoms with E-state index in [2.05, 4.69) is 12.6 Å². The topological polar surface area (TPSA) is 0 Å². The first-order valence-corrected chi connectivity index (χ1v) is 2.75. The van der Waals surface area contributed by atoms with Crippen molar-refractivity contribution in [3.63, 3.8) is 0 Å². The van der Waals surface area contributed by atoms with E-state index < -0.39 is 0 Å². The van der Waals surface area contributed by atoms with Crippen LogP contribution in [0.25, 0.3) is 0 Å². The van der Waals surface area contributed by atoms with E-state index in [1.807, 2.05) is 0 Å². The minimum atomic E-state index is 0. The van der Waals surface area contributed by atoms with Crippen LogP contribution in [0.1, 0.15) is 7.85 Å². The van der Waals surface area contributed by atoms with Crippen LogP contribution in [0.5, 0.6) is 0 Å². The van der Waals surface area contributed by atoms with Gasteiger partial charge in [-0.15, -0.1) is 11.6 Å². The molecule has 0 radical (unpaired) electrons. The minimum Gasteiger partial charge on any atom is -1.00 e. The third kappa shape index (κ3) is 8.97. The molecule has 0 aromatic heterocycles. The molecule has 0 nitrogen and oxygen atoms in total. The summed E-state index contributed by atoms with van der Waals surface area (Å²) in [5, 5.41) is 0. The first-order chi connectivity index (χ1) is 2.41. The van der Waals surface area contributed by atoms with Crippen LogP contribution in [0.15, 0.2) is 0 Å². The first-order valence-electron chi connectivity index (χ1n) is 1.58. The molecule has 3 heteroatoms. The Bertz CT molecular complexity index is 22.4. The smallest absolute Gasteiger partial charge is 1.00 e. The van der Waals surface area contributed by atoms with Crippen LogP contribution in [0.3, 0.4) is 0 Å². The Kier molecular flexibility index (Phi) is 16.3. The predicted octanol–water partition coefficient (Wildman–Crippen LogP) is -1.34. The van der Waals surface area contributed by atoms with Crippen molar-refractivity contribution in [2.24, 2.45) is 0 Å². The summed E-state index contributed by atoms with van der Waals surface area (Å²) in [5.41, 5.74) is 0. The van der Waals surface area contributed by atoms with Gasteiger partial charge in [-0.25, -0.2) is 0 Å². The average Bonchev–Trinajstić information content (AvgIpc) is 1.41. The van der Waals surface area contributed by atoms with Crippen molar-refractivity contribution in [2.45, 2.75) is 6.42 Å². The molecule has 0 N–H and O–H groups in total. The molecule has 0 aliphatic heterocycles. The molecule has 0 bridgehead atoms. The molecule has 0 heterocycles. The van der Waals surface area contributed by atoms with Crippen LogP contribution in [0, 0.1) is 0 Å². The molecule has 0 atom stereocenters. The molecule has 0 fully saturated rings. The molecule has 0 saturated carbocycles. The molecule has 0 aliphatic carbocycles. The van der Waals surface area contributed by atoms with Gasteiger partial charge in [-0.2, -0.15) is 12.6 Å². The summed E-state index contributed by atoms with van der Waals surface area (Å²) in [7, 11) is 0. The number of hydrogen-bond donors (Lipinski definition) is 1. The third-order valence-corrected chi connectivity index (χ3v) is 0.875. The second-order valence-electron chi connectivity index (χ2n) is 0.766. The summed E-state index contributed by atoms with van der Waals surface area (Å²) in [5.74, 6) is 1.65. The third-order valence-electron chi connectivity index (χ3n) is 0.292. The SMILES string of the molecule is SCCCCl.[H-].[Li+]. The Hall–Kier alpha value is 1.24. The number of halogens is 1. The Balaban J connectivity index is -0.0000000800. The van der Waals surface area contributed by atoms with Crippen LogP contribution in [-0.4, -0.2) is 11.6 Å². The molecule has 0 rings (SSSR count). The van der Waals surface area contributed by atoms with Gasteiger partial charge in [-0.3, -0.25) is 0 Å². The van der Waals surface area contributed by atoms with E-state index in [1.54, 1.807) is 0 Å². The van der Waals surface area contributed by atoms with E-state index in [0.717, 1.165) is 18.1 Å². The predicted molar refractivity (Wildman–Crippen MR) is 30.3 cm³/mol. The van der Waals surface area contributed by atoms with Crippen molar-refractivity contribution < 1.29 is 20.3 Å². The van der Waals surface area contributed by atoms with Crippen molar-refractivity contribution >= 4 is 24.2 Å². The average molecular weight is 119 g/mol. The summed E-state index contributed by atoms with van der Waals surface area (Å²) >= 11 is 9.17. The fourth-order valence-corrected chi connectivity index (χ4v) is 0.538. The van der Waals surface area contributed by atoms with E-state index >= 15 is 0 Å². The van der Waals surface area contributed by atoms with E-state index in [1.165, 1.54) is 0 Å². The molecule has 0 aromatic rings. The zero-order valence-electron chi connectivity index (χ0n) is 4.95. The molecule has 0 saturated heterocycles. The Morgan fingerprint density at radius 1 is 1.67 bits per heavy atom. The molecule has 0 unspecified atom stereocenters. The maximum absolute atomic E-state index is 5.25. The van der Waals surface area contributed by atoms with Gasteiger partial charge in [0.1, 0.15) is 0 Å². The van der Waals surface area contributed by atoms with Gasteiger partial charge in [-0.05, 0) is 12.2 Å². The van der Waals surface area contributed by atoms with Gasteiger partial charge in [-0.1, -0.05) is 0 Å². The Morgan fingerprint density at radius 3 is 2.17 bits per heavy atom. The van der Waals surface area contributed by atoms with Gasteiger partial charge < -0.3 is 1.43 Å². The molecule has 6 heavy (non-hydrogen) atoms. The minimum absolute atomic E-state index is 0. The molecular formula is C3H8ClLiS. The monoisotopic (exact) mass is 118 g/mol. The normalized spacial score (nSPS) is 7.00. The van der Waals surface area contributed by atoms with Gasteiger partial charge in [0.2, 0.25) is 0 Å². The second-order valence-corrected chi connectivity index (χ2v) is 1.59. The maximum atomic E-state index is 5.25. The Morgan fingerprint density at radius 2 is 2.17 bits per heavy atom. The van der Waals surface area contributed by atoms with Crippen LogP contribution in [-0.2, 0) is 0 Å². The van der Waals surface area contributed by atoms with Gasteiger partial charge >= 0.3 is 18.9 Å². The molecule has 0 aliphatic rings. The van der Waals surface area contributed by atoms with Gasteiger partial charge in [0.15, 0.2) is 0 Å². The number of hydrogen-bond acceptors (Lipinski definition) is 1. The van der Waals surface area contributed by atoms with Crippen molar-refractivity contribution in [1.82, 2.24) is 0 Å². The number of thiol groups is 1. The van der Waals surface area contributed by atoms with Crippen molar-refractivity contribution in [2.75, 3.05) is 11.6 Å². The van der Waals surface area contributed by atoms with Gasteiger partial charge in [0.25, 0.3) is 0 Å². The first kappa shape index (κ1) is 10.3. The van der Waals surface area contributed by atoms with E-state index in [4.69, 9.17) is 11.6 Å². The van der Waals surface area contributed by atoms with E-state index in [-0.39, 0.29) is 20.3 Å². The largest absolute Gasteiger partial charge is 1.00 e. The second kappa shape index (κ2) is 9.53. The summed E-state index contributed by atoms with van der Waals surface area (Å²) in [6.07, 6.45) is 1.02. The van der Waals surface area contributed by atoms with Crippen LogP contribution >= 0.6 is 24.2 Å². The van der Waals surface area contributed by atoms with Crippen LogP contribution < -0.4 is 18.9 Å². The molecular weight excluding hydrogens is 110 g/mol. The van der Waals surface area contributed by atoms with Crippen molar-refractivity contribution in [1.29, 1.82) is 0 Å². The fourth-order valence-electron chi connectivity index (χ4n) is 0.0598.